The van der Waals surface area contributed by atoms with Crippen LogP contribution >= 0.6 is 0 Å². The van der Waals surface area contributed by atoms with Gasteiger partial charge in [-0.2, -0.15) is 8.42 Å². The molecule has 184 valence electrons. The van der Waals surface area contributed by atoms with E-state index in [0.717, 1.165) is 0 Å². The molecular formula is C16H30O14S. The number of hydrogen-bond donors (Lipinski definition) is 4. The second-order valence-electron chi connectivity index (χ2n) is 6.96. The number of hydrogen-bond acceptors (Lipinski definition) is 13. The lowest BCUT2D eigenvalue weighted by molar-refractivity contribution is -0.359. The Balaban J connectivity index is 2.29. The highest BCUT2D eigenvalue weighted by Gasteiger charge is 2.52. The molecule has 2 aliphatic heterocycles. The molecule has 2 rings (SSSR count). The minimum absolute atomic E-state index is 0.0445. The average Bonchev–Trinajstić information content (AvgIpc) is 2.70. The number of aliphatic hydroxyl groups excluding tert-OH is 3. The van der Waals surface area contributed by atoms with E-state index < -0.39 is 78.4 Å². The van der Waals surface area contributed by atoms with Crippen molar-refractivity contribution in [3.8, 4) is 0 Å². The lowest BCUT2D eigenvalue weighted by Crippen LogP contribution is -2.65. The lowest BCUT2D eigenvalue weighted by atomic mass is 9.96. The van der Waals surface area contributed by atoms with Crippen molar-refractivity contribution in [1.29, 1.82) is 0 Å². The Hall–Kier alpha value is -0.530. The summed E-state index contributed by atoms with van der Waals surface area (Å²) in [5.74, 6) is 0. The fourth-order valence-electron chi connectivity index (χ4n) is 3.62. The van der Waals surface area contributed by atoms with Crippen LogP contribution in [0.15, 0.2) is 0 Å². The largest absolute Gasteiger partial charge is 0.397 e. The first-order valence-electron chi connectivity index (χ1n) is 9.27. The molecule has 2 saturated heterocycles. The molecule has 0 radical (unpaired) electrons. The van der Waals surface area contributed by atoms with Crippen molar-refractivity contribution >= 4 is 10.4 Å². The van der Waals surface area contributed by atoms with Crippen LogP contribution < -0.4 is 0 Å². The Morgan fingerprint density at radius 3 is 1.90 bits per heavy atom. The molecule has 0 aliphatic carbocycles. The van der Waals surface area contributed by atoms with Gasteiger partial charge in [0.2, 0.25) is 0 Å². The molecule has 2 aliphatic rings. The van der Waals surface area contributed by atoms with E-state index >= 15 is 0 Å². The van der Waals surface area contributed by atoms with Crippen molar-refractivity contribution in [3.05, 3.63) is 0 Å². The summed E-state index contributed by atoms with van der Waals surface area (Å²) in [6, 6.07) is 0. The van der Waals surface area contributed by atoms with E-state index in [1.165, 1.54) is 28.4 Å². The Labute approximate surface area is 179 Å². The van der Waals surface area contributed by atoms with Gasteiger partial charge in [0.05, 0.1) is 13.2 Å². The summed E-state index contributed by atoms with van der Waals surface area (Å²) in [6.45, 7) is -0.797. The van der Waals surface area contributed by atoms with Gasteiger partial charge in [0.1, 0.15) is 48.8 Å². The van der Waals surface area contributed by atoms with Crippen LogP contribution in [0.1, 0.15) is 0 Å². The highest BCUT2D eigenvalue weighted by molar-refractivity contribution is 7.80. The molecule has 2 heterocycles. The minimum Gasteiger partial charge on any atom is -0.387 e. The fraction of sp³-hybridized carbons (Fsp3) is 1.00. The van der Waals surface area contributed by atoms with E-state index in [2.05, 4.69) is 4.18 Å². The van der Waals surface area contributed by atoms with Crippen molar-refractivity contribution < 1.29 is 65.6 Å². The van der Waals surface area contributed by atoms with Crippen molar-refractivity contribution in [2.75, 3.05) is 41.7 Å². The Morgan fingerprint density at radius 2 is 1.39 bits per heavy atom. The Bertz CT molecular complexity index is 646. The van der Waals surface area contributed by atoms with E-state index in [9.17, 15) is 23.7 Å². The predicted octanol–water partition coefficient (Wildman–Crippen LogP) is -2.95. The van der Waals surface area contributed by atoms with Crippen LogP contribution in [-0.4, -0.2) is 131 Å². The molecule has 0 unspecified atom stereocenters. The maximum absolute atomic E-state index is 11.0. The summed E-state index contributed by atoms with van der Waals surface area (Å²) < 4.78 is 72.8. The molecule has 0 bridgehead atoms. The molecule has 0 spiro atoms. The monoisotopic (exact) mass is 478 g/mol. The molecule has 0 aromatic rings. The summed E-state index contributed by atoms with van der Waals surface area (Å²) in [6.07, 6.45) is -12.3. The van der Waals surface area contributed by atoms with Gasteiger partial charge in [-0.3, -0.25) is 4.55 Å². The summed E-state index contributed by atoms with van der Waals surface area (Å²) in [5.41, 5.74) is 0. The zero-order chi connectivity index (χ0) is 23.3. The minimum atomic E-state index is -4.83. The molecular weight excluding hydrogens is 448 g/mol. The second-order valence-corrected chi connectivity index (χ2v) is 8.05. The molecule has 0 amide bonds. The summed E-state index contributed by atoms with van der Waals surface area (Å²) in [5, 5.41) is 31.1. The fourth-order valence-corrected chi connectivity index (χ4v) is 3.92. The smallest absolute Gasteiger partial charge is 0.387 e. The van der Waals surface area contributed by atoms with Gasteiger partial charge in [-0.05, 0) is 0 Å². The quantitative estimate of drug-likeness (QED) is 0.233. The van der Waals surface area contributed by atoms with E-state index in [1.54, 1.807) is 0 Å². The van der Waals surface area contributed by atoms with Crippen LogP contribution in [0.5, 0.6) is 0 Å². The molecule has 14 nitrogen and oxygen atoms in total. The molecule has 15 heteroatoms. The van der Waals surface area contributed by atoms with Gasteiger partial charge in [-0.25, -0.2) is 4.18 Å². The van der Waals surface area contributed by atoms with E-state index in [1.807, 2.05) is 0 Å². The SMILES string of the molecule is COC[C@H]1O[C@@H](O[C@H]2[C@H](OC)[C@@H](OC)[C@H](O)O[C@@H]2COS(=O)(=O)O)[C@H](O)[C@@H](OC)[C@@H]1O. The highest BCUT2D eigenvalue weighted by atomic mass is 32.3. The van der Waals surface area contributed by atoms with Crippen molar-refractivity contribution in [1.82, 2.24) is 0 Å². The lowest BCUT2D eigenvalue weighted by Gasteiger charge is -2.47. The zero-order valence-electron chi connectivity index (χ0n) is 17.5. The van der Waals surface area contributed by atoms with Gasteiger partial charge in [-0.15, -0.1) is 0 Å². The summed E-state index contributed by atoms with van der Waals surface area (Å²) in [4.78, 5) is 0. The van der Waals surface area contributed by atoms with E-state index in [4.69, 9.17) is 37.7 Å². The van der Waals surface area contributed by atoms with Crippen molar-refractivity contribution in [2.24, 2.45) is 0 Å². The van der Waals surface area contributed by atoms with Gasteiger partial charge < -0.3 is 48.5 Å². The van der Waals surface area contributed by atoms with E-state index in [0.29, 0.717) is 0 Å². The van der Waals surface area contributed by atoms with E-state index in [-0.39, 0.29) is 6.61 Å². The first-order chi connectivity index (χ1) is 14.6. The van der Waals surface area contributed by atoms with Crippen LogP contribution in [0.3, 0.4) is 0 Å². The Morgan fingerprint density at radius 1 is 0.774 bits per heavy atom. The summed E-state index contributed by atoms with van der Waals surface area (Å²) in [7, 11) is 0.423. The third-order valence-electron chi connectivity index (χ3n) is 5.07. The van der Waals surface area contributed by atoms with Gasteiger partial charge in [0, 0.05) is 28.4 Å². The molecule has 0 saturated carbocycles. The van der Waals surface area contributed by atoms with Crippen molar-refractivity contribution in [3.63, 3.8) is 0 Å². The molecule has 10 atom stereocenters. The van der Waals surface area contributed by atoms with Crippen LogP contribution in [0.25, 0.3) is 0 Å². The predicted molar refractivity (Wildman–Crippen MR) is 98.2 cm³/mol. The molecule has 0 aromatic heterocycles. The van der Waals surface area contributed by atoms with Gasteiger partial charge >= 0.3 is 10.4 Å². The first-order valence-corrected chi connectivity index (χ1v) is 10.6. The number of rotatable bonds is 10. The maximum atomic E-state index is 11.0. The molecule has 31 heavy (non-hydrogen) atoms. The van der Waals surface area contributed by atoms with Crippen LogP contribution in [0.2, 0.25) is 0 Å². The molecule has 2 fully saturated rings. The normalized spacial score (nSPS) is 41.9. The summed E-state index contributed by atoms with van der Waals surface area (Å²) >= 11 is 0. The van der Waals surface area contributed by atoms with Crippen molar-refractivity contribution in [2.45, 2.75) is 61.4 Å². The molecule has 0 aromatic carbocycles. The van der Waals surface area contributed by atoms with Crippen LogP contribution in [-0.2, 0) is 47.7 Å². The molecule has 4 N–H and O–H groups in total. The zero-order valence-corrected chi connectivity index (χ0v) is 18.3. The number of aliphatic hydroxyl groups is 3. The topological polar surface area (TPSA) is 189 Å². The van der Waals surface area contributed by atoms with Crippen LogP contribution in [0, 0.1) is 0 Å². The van der Waals surface area contributed by atoms with Gasteiger partial charge in [0.25, 0.3) is 0 Å². The second kappa shape index (κ2) is 11.6. The van der Waals surface area contributed by atoms with Gasteiger partial charge in [-0.1, -0.05) is 0 Å². The standard InChI is InChI=1S/C16H30O14S/c1-23-5-7-9(17)12(24-2)10(18)16(29-7)30-11-8(6-27-31(20,21)22)28-15(19)14(26-4)13(11)25-3/h7-19H,5-6H2,1-4H3,(H,20,21,22)/t7-,8-,9-,10-,11-,12+,13+,14-,15-,16+/m1/s1. The van der Waals surface area contributed by atoms with Crippen LogP contribution in [0.4, 0.5) is 0 Å². The van der Waals surface area contributed by atoms with Gasteiger partial charge in [0.15, 0.2) is 12.6 Å². The maximum Gasteiger partial charge on any atom is 0.397 e. The number of ether oxygens (including phenoxy) is 7. The number of methoxy groups -OCH3 is 4. The third-order valence-corrected chi connectivity index (χ3v) is 5.51. The highest BCUT2D eigenvalue weighted by Crippen LogP contribution is 2.31. The Kier molecular flexibility index (Phi) is 9.96. The first kappa shape index (κ1) is 26.7. The average molecular weight is 478 g/mol. The third kappa shape index (κ3) is 6.50.